The molecule has 9 heteroatoms. The van der Waals surface area contributed by atoms with Crippen molar-refractivity contribution in [1.29, 1.82) is 0 Å². The van der Waals surface area contributed by atoms with Crippen molar-refractivity contribution in [3.63, 3.8) is 0 Å². The predicted molar refractivity (Wildman–Crippen MR) is 102 cm³/mol. The first-order valence-electron chi connectivity index (χ1n) is 9.64. The molecule has 3 aromatic heterocycles. The van der Waals surface area contributed by atoms with Crippen molar-refractivity contribution >= 4 is 34.1 Å². The maximum atomic E-state index is 12.3. The molecule has 28 heavy (non-hydrogen) atoms. The van der Waals surface area contributed by atoms with Gasteiger partial charge in [-0.2, -0.15) is 5.10 Å². The molecule has 1 aliphatic carbocycles. The van der Waals surface area contributed by atoms with Gasteiger partial charge in [0.15, 0.2) is 0 Å². The van der Waals surface area contributed by atoms with E-state index in [2.05, 4.69) is 32.4 Å². The lowest BCUT2D eigenvalue weighted by Gasteiger charge is -2.46. The Bertz CT molecular complexity index is 1090. The van der Waals surface area contributed by atoms with E-state index in [0.717, 1.165) is 58.2 Å². The van der Waals surface area contributed by atoms with Gasteiger partial charge in [-0.05, 0) is 24.8 Å². The highest BCUT2D eigenvalue weighted by atomic mass is 16.4. The number of rotatable bonds is 2. The van der Waals surface area contributed by atoms with Crippen LogP contribution >= 0.6 is 0 Å². The van der Waals surface area contributed by atoms with E-state index in [0.29, 0.717) is 0 Å². The highest BCUT2D eigenvalue weighted by Gasteiger charge is 2.53. The normalized spacial score (nSPS) is 28.2. The second kappa shape index (κ2) is 5.95. The number of pyridine rings is 1. The van der Waals surface area contributed by atoms with Crippen LogP contribution in [-0.4, -0.2) is 54.9 Å². The molecule has 146 valence electrons. The summed E-state index contributed by atoms with van der Waals surface area (Å²) in [5.74, 6) is 0.256. The molecule has 0 bridgehead atoms. The number of imide groups is 1. The molecule has 3 amide bonds. The third kappa shape index (κ3) is 2.18. The molecule has 4 N–H and O–H groups in total. The van der Waals surface area contributed by atoms with E-state index in [4.69, 9.17) is 0 Å². The molecule has 3 unspecified atom stereocenters. The summed E-state index contributed by atoms with van der Waals surface area (Å²) >= 11 is 0. The maximum Gasteiger partial charge on any atom is 0.415 e. The average Bonchev–Trinajstić information content (AvgIpc) is 3.39. The minimum atomic E-state index is -1.22. The van der Waals surface area contributed by atoms with Crippen LogP contribution in [0.15, 0.2) is 18.5 Å². The zero-order chi connectivity index (χ0) is 19.5. The molecular formula is C19H22N6O3. The number of nitrogens with zero attached hydrogens (tertiary/aromatic N) is 3. The van der Waals surface area contributed by atoms with Gasteiger partial charge in [0.25, 0.3) is 0 Å². The smallest absolute Gasteiger partial charge is 0.415 e. The summed E-state index contributed by atoms with van der Waals surface area (Å²) < 4.78 is 0. The summed E-state index contributed by atoms with van der Waals surface area (Å²) in [6.07, 6.45) is 6.40. The molecule has 4 heterocycles. The van der Waals surface area contributed by atoms with Gasteiger partial charge in [-0.25, -0.2) is 19.5 Å². The molecule has 0 spiro atoms. The Morgan fingerprint density at radius 2 is 2.25 bits per heavy atom. The second-order valence-electron chi connectivity index (χ2n) is 7.94. The number of carbonyl (C=O) groups excluding carboxylic acids is 1. The summed E-state index contributed by atoms with van der Waals surface area (Å²) in [6.45, 7) is 2.33. The van der Waals surface area contributed by atoms with Crippen LogP contribution in [0, 0.1) is 5.92 Å². The van der Waals surface area contributed by atoms with Crippen molar-refractivity contribution < 1.29 is 14.7 Å². The van der Waals surface area contributed by atoms with Gasteiger partial charge < -0.3 is 15.4 Å². The number of fused-ring (bicyclic) bond motifs is 3. The SMILES string of the molecule is CC1CCCCC1(c1[nH]nc2cnc3[nH]ccc3c12)C1CN(C(=O)O)C(=O)N1. The second-order valence-corrected chi connectivity index (χ2v) is 7.94. The van der Waals surface area contributed by atoms with Crippen LogP contribution in [-0.2, 0) is 5.41 Å². The molecule has 0 aromatic carbocycles. The fourth-order valence-electron chi connectivity index (χ4n) is 5.28. The van der Waals surface area contributed by atoms with E-state index >= 15 is 0 Å². The number of carbonyl (C=O) groups is 2. The van der Waals surface area contributed by atoms with Crippen LogP contribution in [0.5, 0.6) is 0 Å². The van der Waals surface area contributed by atoms with Crippen LogP contribution in [0.25, 0.3) is 21.9 Å². The number of H-pyrrole nitrogens is 2. The van der Waals surface area contributed by atoms with Crippen molar-refractivity contribution in [2.45, 2.75) is 44.1 Å². The van der Waals surface area contributed by atoms with Crippen molar-refractivity contribution in [2.24, 2.45) is 5.92 Å². The Hall–Kier alpha value is -3.10. The molecule has 0 radical (unpaired) electrons. The summed E-state index contributed by atoms with van der Waals surface area (Å²) in [5, 5.41) is 22.1. The van der Waals surface area contributed by atoms with Crippen LogP contribution in [0.4, 0.5) is 9.59 Å². The molecule has 2 fully saturated rings. The van der Waals surface area contributed by atoms with E-state index < -0.39 is 17.5 Å². The number of nitrogens with one attached hydrogen (secondary N) is 3. The largest absolute Gasteiger partial charge is 0.465 e. The minimum Gasteiger partial charge on any atom is -0.465 e. The summed E-state index contributed by atoms with van der Waals surface area (Å²) in [5.41, 5.74) is 2.12. The standard InChI is InChI=1S/C19H22N6O3/c1-10-4-2-3-6-19(10,13-9-25(18(27)28)17(26)22-13)15-14-11-5-7-20-16(11)21-8-12(14)23-24-15/h5,7-8,10,13H,2-4,6,9H2,1H3,(H,20,21)(H,22,26)(H,23,24)(H,27,28). The molecular weight excluding hydrogens is 360 g/mol. The summed E-state index contributed by atoms with van der Waals surface area (Å²) in [7, 11) is 0. The van der Waals surface area contributed by atoms with Crippen molar-refractivity contribution in [2.75, 3.05) is 6.54 Å². The highest BCUT2D eigenvalue weighted by Crippen LogP contribution is 2.49. The van der Waals surface area contributed by atoms with Gasteiger partial charge in [0.1, 0.15) is 11.2 Å². The highest BCUT2D eigenvalue weighted by molar-refractivity contribution is 6.05. The van der Waals surface area contributed by atoms with E-state index in [1.54, 1.807) is 6.20 Å². The number of hydrogen-bond acceptors (Lipinski definition) is 4. The lowest BCUT2D eigenvalue weighted by Crippen LogP contribution is -2.53. The fraction of sp³-hybridized carbons (Fsp3) is 0.474. The molecule has 3 atom stereocenters. The molecule has 1 saturated carbocycles. The van der Waals surface area contributed by atoms with E-state index in [1.807, 2.05) is 12.3 Å². The third-order valence-corrected chi connectivity index (χ3v) is 6.69. The van der Waals surface area contributed by atoms with Crippen molar-refractivity contribution in [3.8, 4) is 0 Å². The van der Waals surface area contributed by atoms with Crippen molar-refractivity contribution in [3.05, 3.63) is 24.2 Å². The average molecular weight is 382 g/mol. The van der Waals surface area contributed by atoms with Crippen LogP contribution in [0.1, 0.15) is 38.3 Å². The third-order valence-electron chi connectivity index (χ3n) is 6.69. The van der Waals surface area contributed by atoms with E-state index in [9.17, 15) is 14.7 Å². The number of aromatic nitrogens is 4. The molecule has 9 nitrogen and oxygen atoms in total. The van der Waals surface area contributed by atoms with Crippen LogP contribution in [0.3, 0.4) is 0 Å². The van der Waals surface area contributed by atoms with Crippen LogP contribution in [0.2, 0.25) is 0 Å². The topological polar surface area (TPSA) is 127 Å². The Morgan fingerprint density at radius 3 is 3.00 bits per heavy atom. The van der Waals surface area contributed by atoms with Gasteiger partial charge in [-0.15, -0.1) is 0 Å². The fourth-order valence-corrected chi connectivity index (χ4v) is 5.28. The Morgan fingerprint density at radius 1 is 1.39 bits per heavy atom. The van der Waals surface area contributed by atoms with Crippen molar-refractivity contribution in [1.82, 2.24) is 30.4 Å². The Balaban J connectivity index is 1.73. The quantitative estimate of drug-likeness (QED) is 0.542. The monoisotopic (exact) mass is 382 g/mol. The molecule has 1 saturated heterocycles. The number of carboxylic acid groups (broad SMARTS) is 1. The first kappa shape index (κ1) is 17.0. The lowest BCUT2D eigenvalue weighted by molar-refractivity contribution is 0.138. The van der Waals surface area contributed by atoms with E-state index in [-0.39, 0.29) is 18.5 Å². The minimum absolute atomic E-state index is 0.139. The van der Waals surface area contributed by atoms with E-state index in [1.165, 1.54) is 0 Å². The number of hydrogen-bond donors (Lipinski definition) is 4. The first-order chi connectivity index (χ1) is 13.5. The number of aromatic amines is 2. The van der Waals surface area contributed by atoms with Gasteiger partial charge >= 0.3 is 12.1 Å². The Kier molecular flexibility index (Phi) is 3.62. The van der Waals surface area contributed by atoms with Crippen LogP contribution < -0.4 is 5.32 Å². The first-order valence-corrected chi connectivity index (χ1v) is 9.64. The maximum absolute atomic E-state index is 12.3. The van der Waals surface area contributed by atoms with Gasteiger partial charge in [0.05, 0.1) is 24.5 Å². The summed E-state index contributed by atoms with van der Waals surface area (Å²) in [4.78, 5) is 32.3. The van der Waals surface area contributed by atoms with Gasteiger partial charge in [0.2, 0.25) is 0 Å². The molecule has 1 aliphatic heterocycles. The molecule has 3 aromatic rings. The van der Waals surface area contributed by atoms with Gasteiger partial charge in [-0.1, -0.05) is 19.8 Å². The predicted octanol–water partition coefficient (Wildman–Crippen LogP) is 2.96. The lowest BCUT2D eigenvalue weighted by atomic mass is 9.60. The number of amides is 3. The zero-order valence-corrected chi connectivity index (χ0v) is 15.5. The number of urea groups is 1. The molecule has 5 rings (SSSR count). The Labute approximate surface area is 160 Å². The summed E-state index contributed by atoms with van der Waals surface area (Å²) in [6, 6.07) is 1.13. The van der Waals surface area contributed by atoms with Gasteiger partial charge in [0, 0.05) is 22.4 Å². The zero-order valence-electron chi connectivity index (χ0n) is 15.5. The molecule has 2 aliphatic rings. The van der Waals surface area contributed by atoms with Gasteiger partial charge in [-0.3, -0.25) is 5.10 Å².